The summed E-state index contributed by atoms with van der Waals surface area (Å²) in [5.41, 5.74) is 0. The second kappa shape index (κ2) is 5.13. The Kier molecular flexibility index (Phi) is 4.06. The molecule has 1 nitrogen and oxygen atoms in total. The second-order valence-corrected chi connectivity index (χ2v) is 3.59. The van der Waals surface area contributed by atoms with Gasteiger partial charge in [0.25, 0.3) is 0 Å². The van der Waals surface area contributed by atoms with E-state index in [4.69, 9.17) is 0 Å². The first-order valence-corrected chi connectivity index (χ1v) is 5.01. The molecule has 12 heavy (non-hydrogen) atoms. The highest BCUT2D eigenvalue weighted by atomic mass is 16.1. The third kappa shape index (κ3) is 3.21. The number of hydrogen-bond acceptors (Lipinski definition) is 1. The van der Waals surface area contributed by atoms with Gasteiger partial charge in [0, 0.05) is 12.8 Å². The molecule has 0 aromatic carbocycles. The van der Waals surface area contributed by atoms with Crippen molar-refractivity contribution in [2.45, 2.75) is 45.4 Å². The zero-order valence-electron chi connectivity index (χ0n) is 7.88. The van der Waals surface area contributed by atoms with Crippen LogP contribution in [0, 0.1) is 5.92 Å². The Morgan fingerprint density at radius 1 is 1.50 bits per heavy atom. The van der Waals surface area contributed by atoms with E-state index in [0.717, 1.165) is 32.1 Å². The molecule has 0 saturated carbocycles. The molecular formula is C11H18O. The highest BCUT2D eigenvalue weighted by Gasteiger charge is 2.09. The summed E-state index contributed by atoms with van der Waals surface area (Å²) >= 11 is 0. The maximum absolute atomic E-state index is 11.3. The lowest BCUT2D eigenvalue weighted by Crippen LogP contribution is -2.04. The molecule has 1 unspecified atom stereocenters. The maximum Gasteiger partial charge on any atom is 0.133 e. The highest BCUT2D eigenvalue weighted by Crippen LogP contribution is 2.16. The molecule has 1 atom stereocenters. The fraction of sp³-hybridized carbons (Fsp3) is 0.727. The van der Waals surface area contributed by atoms with Crippen molar-refractivity contribution in [2.24, 2.45) is 5.92 Å². The average Bonchev–Trinajstić information content (AvgIpc) is 2.16. The van der Waals surface area contributed by atoms with Crippen molar-refractivity contribution in [2.75, 3.05) is 0 Å². The van der Waals surface area contributed by atoms with Crippen molar-refractivity contribution in [3.8, 4) is 0 Å². The fourth-order valence-electron chi connectivity index (χ4n) is 1.62. The third-order valence-corrected chi connectivity index (χ3v) is 2.50. The number of hydrogen-bond donors (Lipinski definition) is 0. The molecule has 0 fully saturated rings. The molecule has 0 amide bonds. The summed E-state index contributed by atoms with van der Waals surface area (Å²) in [7, 11) is 0. The van der Waals surface area contributed by atoms with E-state index in [1.807, 2.05) is 0 Å². The van der Waals surface area contributed by atoms with Crippen LogP contribution in [0.2, 0.25) is 0 Å². The molecule has 0 saturated heterocycles. The van der Waals surface area contributed by atoms with Crippen LogP contribution in [0.25, 0.3) is 0 Å². The molecule has 0 aromatic rings. The lowest BCUT2D eigenvalue weighted by Gasteiger charge is -2.06. The molecule has 1 heteroatoms. The summed E-state index contributed by atoms with van der Waals surface area (Å²) in [6.07, 6.45) is 10.6. The second-order valence-electron chi connectivity index (χ2n) is 3.59. The van der Waals surface area contributed by atoms with Crippen LogP contribution in [0.15, 0.2) is 12.2 Å². The molecule has 1 aliphatic rings. The molecule has 0 heterocycles. The molecule has 0 spiro atoms. The zero-order valence-corrected chi connectivity index (χ0v) is 7.88. The van der Waals surface area contributed by atoms with Gasteiger partial charge in [-0.05, 0) is 31.6 Å². The molecule has 1 rings (SSSR count). The number of carbonyl (C=O) groups excluding carboxylic acids is 1. The van der Waals surface area contributed by atoms with E-state index >= 15 is 0 Å². The van der Waals surface area contributed by atoms with Gasteiger partial charge in [-0.25, -0.2) is 0 Å². The van der Waals surface area contributed by atoms with Gasteiger partial charge in [0.15, 0.2) is 0 Å². The van der Waals surface area contributed by atoms with Crippen molar-refractivity contribution in [1.82, 2.24) is 0 Å². The minimum absolute atomic E-state index is 0.452. The lowest BCUT2D eigenvalue weighted by atomic mass is 9.98. The molecule has 0 bridgehead atoms. The van der Waals surface area contributed by atoms with Crippen molar-refractivity contribution in [3.05, 3.63) is 12.2 Å². The topological polar surface area (TPSA) is 17.1 Å². The molecule has 0 aromatic heterocycles. The van der Waals surface area contributed by atoms with Crippen LogP contribution in [-0.2, 0) is 4.79 Å². The Bertz CT molecular complexity index is 170. The van der Waals surface area contributed by atoms with Crippen LogP contribution in [-0.4, -0.2) is 5.78 Å². The molecule has 0 aliphatic heterocycles. The van der Waals surface area contributed by atoms with Gasteiger partial charge in [-0.1, -0.05) is 19.1 Å². The van der Waals surface area contributed by atoms with Crippen molar-refractivity contribution < 1.29 is 4.79 Å². The number of rotatable bonds is 1. The van der Waals surface area contributed by atoms with Gasteiger partial charge in [0.05, 0.1) is 0 Å². The van der Waals surface area contributed by atoms with Crippen LogP contribution < -0.4 is 0 Å². The zero-order chi connectivity index (χ0) is 8.81. The minimum Gasteiger partial charge on any atom is -0.300 e. The summed E-state index contributed by atoms with van der Waals surface area (Å²) in [5.74, 6) is 0.962. The van der Waals surface area contributed by atoms with E-state index in [9.17, 15) is 4.79 Å². The van der Waals surface area contributed by atoms with Gasteiger partial charge < -0.3 is 0 Å². The minimum atomic E-state index is 0.452. The summed E-state index contributed by atoms with van der Waals surface area (Å²) < 4.78 is 0. The lowest BCUT2D eigenvalue weighted by molar-refractivity contribution is -0.119. The van der Waals surface area contributed by atoms with E-state index in [-0.39, 0.29) is 0 Å². The fourth-order valence-corrected chi connectivity index (χ4v) is 1.62. The first kappa shape index (κ1) is 9.50. The Labute approximate surface area is 74.9 Å². The average molecular weight is 166 g/mol. The molecule has 0 radical (unpaired) electrons. The summed E-state index contributed by atoms with van der Waals surface area (Å²) in [6.45, 7) is 2.15. The predicted octanol–water partition coefficient (Wildman–Crippen LogP) is 3.10. The van der Waals surface area contributed by atoms with Crippen LogP contribution in [0.5, 0.6) is 0 Å². The van der Waals surface area contributed by atoms with Gasteiger partial charge in [-0.3, -0.25) is 4.79 Å². The predicted molar refractivity (Wildman–Crippen MR) is 51.0 cm³/mol. The first-order valence-electron chi connectivity index (χ1n) is 5.01. The molecular weight excluding hydrogens is 148 g/mol. The largest absolute Gasteiger partial charge is 0.300 e. The first-order chi connectivity index (χ1) is 5.83. The SMILES string of the molecule is CCC1/C=C\CCCCC(=O)C1. The van der Waals surface area contributed by atoms with Gasteiger partial charge in [-0.2, -0.15) is 0 Å². The quantitative estimate of drug-likeness (QED) is 0.547. The Hall–Kier alpha value is -0.590. The van der Waals surface area contributed by atoms with Gasteiger partial charge in [0.2, 0.25) is 0 Å². The van der Waals surface area contributed by atoms with Crippen molar-refractivity contribution in [3.63, 3.8) is 0 Å². The highest BCUT2D eigenvalue weighted by molar-refractivity contribution is 5.78. The van der Waals surface area contributed by atoms with Crippen LogP contribution in [0.1, 0.15) is 45.4 Å². The summed E-state index contributed by atoms with van der Waals surface area (Å²) in [5, 5.41) is 0. The normalized spacial score (nSPS) is 28.8. The summed E-state index contributed by atoms with van der Waals surface area (Å²) in [6, 6.07) is 0. The summed E-state index contributed by atoms with van der Waals surface area (Å²) in [4.78, 5) is 11.3. The Morgan fingerprint density at radius 3 is 3.08 bits per heavy atom. The Morgan fingerprint density at radius 2 is 2.33 bits per heavy atom. The molecule has 0 N–H and O–H groups in total. The van der Waals surface area contributed by atoms with Gasteiger partial charge in [0.1, 0.15) is 5.78 Å². The van der Waals surface area contributed by atoms with E-state index < -0.39 is 0 Å². The van der Waals surface area contributed by atoms with E-state index in [1.165, 1.54) is 6.42 Å². The monoisotopic (exact) mass is 166 g/mol. The smallest absolute Gasteiger partial charge is 0.133 e. The number of Topliss-reactive ketones (excluding diaryl/α,β-unsaturated/α-hetero) is 1. The number of carbonyl (C=O) groups is 1. The Balaban J connectivity index is 2.49. The van der Waals surface area contributed by atoms with Crippen molar-refractivity contribution >= 4 is 5.78 Å². The number of allylic oxidation sites excluding steroid dienone is 2. The molecule has 68 valence electrons. The number of ketones is 1. The maximum atomic E-state index is 11.3. The third-order valence-electron chi connectivity index (χ3n) is 2.50. The van der Waals surface area contributed by atoms with E-state index in [1.54, 1.807) is 0 Å². The van der Waals surface area contributed by atoms with E-state index in [0.29, 0.717) is 11.7 Å². The van der Waals surface area contributed by atoms with Gasteiger partial charge in [-0.15, -0.1) is 0 Å². The van der Waals surface area contributed by atoms with Gasteiger partial charge >= 0.3 is 0 Å². The van der Waals surface area contributed by atoms with Crippen LogP contribution >= 0.6 is 0 Å². The van der Waals surface area contributed by atoms with Crippen LogP contribution in [0.4, 0.5) is 0 Å². The standard InChI is InChI=1S/C11H18O/c1-2-10-7-5-3-4-6-8-11(12)9-10/h5,7,10H,2-4,6,8-9H2,1H3/b7-5-. The van der Waals surface area contributed by atoms with Crippen molar-refractivity contribution in [1.29, 1.82) is 0 Å². The van der Waals surface area contributed by atoms with E-state index in [2.05, 4.69) is 19.1 Å². The van der Waals surface area contributed by atoms with Crippen LogP contribution in [0.3, 0.4) is 0 Å². The molecule has 1 aliphatic carbocycles.